The quantitative estimate of drug-likeness (QED) is 0.774. The Morgan fingerprint density at radius 3 is 2.43 bits per heavy atom. The monoisotopic (exact) mass is 298 g/mol. The van der Waals surface area contributed by atoms with Crippen LogP contribution in [0.3, 0.4) is 0 Å². The summed E-state index contributed by atoms with van der Waals surface area (Å²) in [4.78, 5) is 14.4. The molecule has 0 aliphatic carbocycles. The molecule has 14 heavy (non-hydrogen) atoms. The average Bonchev–Trinajstić information content (AvgIpc) is 2.00. The SMILES string of the molecule is [CH3][Sn]([CH3])([CH3])[c]1cccc(N2CCC2)n1. The van der Waals surface area contributed by atoms with Gasteiger partial charge in [0.25, 0.3) is 0 Å². The summed E-state index contributed by atoms with van der Waals surface area (Å²) in [6.45, 7) is 2.38. The Hall–Kier alpha value is -0.251. The molecule has 1 aromatic heterocycles. The van der Waals surface area contributed by atoms with E-state index in [9.17, 15) is 0 Å². The van der Waals surface area contributed by atoms with Gasteiger partial charge >= 0.3 is 90.3 Å². The van der Waals surface area contributed by atoms with E-state index in [-0.39, 0.29) is 0 Å². The van der Waals surface area contributed by atoms with Crippen molar-refractivity contribution in [2.24, 2.45) is 0 Å². The number of aromatic nitrogens is 1. The van der Waals surface area contributed by atoms with E-state index in [1.165, 1.54) is 29.0 Å². The third-order valence-corrected chi connectivity index (χ3v) is 7.86. The van der Waals surface area contributed by atoms with E-state index < -0.39 is 18.4 Å². The summed E-state index contributed by atoms with van der Waals surface area (Å²) >= 11 is -1.95. The van der Waals surface area contributed by atoms with Crippen LogP contribution in [0.4, 0.5) is 5.82 Å². The van der Waals surface area contributed by atoms with Crippen molar-refractivity contribution >= 4 is 27.9 Å². The predicted octanol–water partition coefficient (Wildman–Crippen LogP) is 1.84. The number of rotatable bonds is 2. The molecule has 2 rings (SSSR count). The van der Waals surface area contributed by atoms with Crippen molar-refractivity contribution in [3.63, 3.8) is 0 Å². The predicted molar refractivity (Wildman–Crippen MR) is 64.0 cm³/mol. The van der Waals surface area contributed by atoms with Crippen molar-refractivity contribution in [3.8, 4) is 0 Å². The molecule has 0 N–H and O–H groups in total. The summed E-state index contributed by atoms with van der Waals surface area (Å²) in [5.74, 6) is 1.19. The minimum atomic E-state index is -1.95. The molecule has 0 radical (unpaired) electrons. The van der Waals surface area contributed by atoms with Gasteiger partial charge in [0, 0.05) is 0 Å². The average molecular weight is 297 g/mol. The molecule has 2 heterocycles. The molecule has 0 aromatic carbocycles. The van der Waals surface area contributed by atoms with Gasteiger partial charge in [0.15, 0.2) is 0 Å². The van der Waals surface area contributed by atoms with Gasteiger partial charge < -0.3 is 0 Å². The van der Waals surface area contributed by atoms with E-state index in [0.29, 0.717) is 0 Å². The first kappa shape index (κ1) is 10.3. The van der Waals surface area contributed by atoms with Gasteiger partial charge in [0.05, 0.1) is 0 Å². The van der Waals surface area contributed by atoms with Crippen LogP contribution in [0.25, 0.3) is 0 Å². The number of hydrogen-bond acceptors (Lipinski definition) is 2. The van der Waals surface area contributed by atoms with Crippen LogP contribution in [-0.2, 0) is 0 Å². The maximum absolute atomic E-state index is 4.79. The van der Waals surface area contributed by atoms with Crippen molar-refractivity contribution in [1.29, 1.82) is 0 Å². The summed E-state index contributed by atoms with van der Waals surface area (Å²) in [6, 6.07) is 6.51. The van der Waals surface area contributed by atoms with Gasteiger partial charge in [0.2, 0.25) is 0 Å². The summed E-state index contributed by atoms with van der Waals surface area (Å²) in [5, 5.41) is 0. The molecule has 0 atom stereocenters. The Kier molecular flexibility index (Phi) is 2.73. The van der Waals surface area contributed by atoms with Crippen LogP contribution >= 0.6 is 0 Å². The summed E-state index contributed by atoms with van der Waals surface area (Å²) in [5.41, 5.74) is 0. The maximum atomic E-state index is 4.79. The molecule has 0 amide bonds. The Bertz CT molecular complexity index is 326. The number of pyridine rings is 1. The van der Waals surface area contributed by atoms with E-state index >= 15 is 0 Å². The van der Waals surface area contributed by atoms with E-state index in [1.54, 1.807) is 0 Å². The molecule has 1 aliphatic heterocycles. The third-order valence-electron chi connectivity index (χ3n) is 2.68. The van der Waals surface area contributed by atoms with Gasteiger partial charge in [-0.3, -0.25) is 0 Å². The molecule has 1 aliphatic rings. The van der Waals surface area contributed by atoms with Gasteiger partial charge in [-0.1, -0.05) is 0 Å². The van der Waals surface area contributed by atoms with Crippen LogP contribution in [0.15, 0.2) is 18.2 Å². The van der Waals surface area contributed by atoms with Crippen molar-refractivity contribution < 1.29 is 0 Å². The van der Waals surface area contributed by atoms with Crippen LogP contribution in [-0.4, -0.2) is 36.5 Å². The normalized spacial score (nSPS) is 16.6. The Morgan fingerprint density at radius 2 is 1.93 bits per heavy atom. The van der Waals surface area contributed by atoms with Crippen molar-refractivity contribution in [3.05, 3.63) is 18.2 Å². The standard InChI is InChI=1S/C8H9N2.3CH3.Sn/c1-2-5-9-8(4-1)10-6-3-7-10;;;;/h1-2,4H,3,6-7H2;3*1H3;. The van der Waals surface area contributed by atoms with Crippen molar-refractivity contribution in [2.75, 3.05) is 18.0 Å². The number of anilines is 1. The van der Waals surface area contributed by atoms with Crippen LogP contribution in [0.2, 0.25) is 14.8 Å². The van der Waals surface area contributed by atoms with Gasteiger partial charge in [0.1, 0.15) is 0 Å². The van der Waals surface area contributed by atoms with Crippen molar-refractivity contribution in [2.45, 2.75) is 21.2 Å². The second-order valence-corrected chi connectivity index (χ2v) is 19.3. The molecular weight excluding hydrogens is 279 g/mol. The molecule has 0 bridgehead atoms. The molecule has 1 saturated heterocycles. The number of hydrogen-bond donors (Lipinski definition) is 0. The Morgan fingerprint density at radius 1 is 1.21 bits per heavy atom. The second-order valence-electron chi connectivity index (χ2n) is 4.97. The van der Waals surface area contributed by atoms with E-state index in [4.69, 9.17) is 4.98 Å². The first-order chi connectivity index (χ1) is 6.57. The van der Waals surface area contributed by atoms with Crippen LogP contribution in [0, 0.1) is 0 Å². The summed E-state index contributed by atoms with van der Waals surface area (Å²) in [7, 11) is 0. The fourth-order valence-corrected chi connectivity index (χ4v) is 4.55. The van der Waals surface area contributed by atoms with Gasteiger partial charge in [-0.25, -0.2) is 0 Å². The minimum absolute atomic E-state index is 1.19. The Balaban J connectivity index is 2.26. The molecule has 0 saturated carbocycles. The topological polar surface area (TPSA) is 16.1 Å². The molecule has 2 nitrogen and oxygen atoms in total. The van der Waals surface area contributed by atoms with E-state index in [1.807, 2.05) is 0 Å². The van der Waals surface area contributed by atoms with E-state index in [0.717, 1.165) is 0 Å². The zero-order valence-corrected chi connectivity index (χ0v) is 12.1. The second kappa shape index (κ2) is 3.72. The fourth-order valence-electron chi connectivity index (χ4n) is 1.56. The van der Waals surface area contributed by atoms with Crippen LogP contribution in [0.1, 0.15) is 6.42 Å². The number of nitrogens with zero attached hydrogens (tertiary/aromatic N) is 2. The van der Waals surface area contributed by atoms with Crippen molar-refractivity contribution in [1.82, 2.24) is 4.98 Å². The third kappa shape index (κ3) is 2.05. The summed E-state index contributed by atoms with van der Waals surface area (Å²) < 4.78 is 1.39. The summed E-state index contributed by atoms with van der Waals surface area (Å²) in [6.07, 6.45) is 1.32. The fraction of sp³-hybridized carbons (Fsp3) is 0.545. The zero-order valence-electron chi connectivity index (χ0n) is 9.25. The van der Waals surface area contributed by atoms with Gasteiger partial charge in [-0.15, -0.1) is 0 Å². The molecule has 3 heteroatoms. The first-order valence-corrected chi connectivity index (χ1v) is 15.3. The molecule has 0 unspecified atom stereocenters. The molecular formula is C11H18N2Sn. The van der Waals surface area contributed by atoms with Gasteiger partial charge in [-0.05, 0) is 0 Å². The zero-order chi connectivity index (χ0) is 10.2. The van der Waals surface area contributed by atoms with E-state index in [2.05, 4.69) is 37.9 Å². The van der Waals surface area contributed by atoms with Crippen LogP contribution in [0.5, 0.6) is 0 Å². The Labute approximate surface area is 90.2 Å². The van der Waals surface area contributed by atoms with Crippen LogP contribution < -0.4 is 8.61 Å². The molecule has 1 fully saturated rings. The molecule has 1 aromatic rings. The first-order valence-electron chi connectivity index (χ1n) is 5.30. The van der Waals surface area contributed by atoms with Gasteiger partial charge in [-0.2, -0.15) is 0 Å². The molecule has 76 valence electrons. The molecule has 0 spiro atoms.